The molecule has 127 heavy (non-hydrogen) atoms. The summed E-state index contributed by atoms with van der Waals surface area (Å²) in [5.41, 5.74) is 7.32. The van der Waals surface area contributed by atoms with Crippen LogP contribution in [0.25, 0.3) is 0 Å². The van der Waals surface area contributed by atoms with Gasteiger partial charge in [-0.3, -0.25) is 33.6 Å². The molecule has 2 aliphatic carbocycles. The first kappa shape index (κ1) is 111. The highest BCUT2D eigenvalue weighted by Crippen LogP contribution is 2.44. The van der Waals surface area contributed by atoms with Crippen LogP contribution in [0.5, 0.6) is 28.7 Å². The van der Waals surface area contributed by atoms with Crippen LogP contribution in [0.1, 0.15) is 141 Å². The molecule has 0 aliphatic heterocycles. The fourth-order valence-corrected chi connectivity index (χ4v) is 14.3. The minimum Gasteiger partial charge on any atom is -0.743 e. The number of hydrogen-bond acceptors (Lipinski definition) is 27. The first-order valence-corrected chi connectivity index (χ1v) is 43.1. The number of carbonyl (C=O) groups excluding carboxylic acids is 9. The van der Waals surface area contributed by atoms with Gasteiger partial charge in [0.15, 0.2) is 47.1 Å². The van der Waals surface area contributed by atoms with Gasteiger partial charge in [-0.25, -0.2) is 43.3 Å². The van der Waals surface area contributed by atoms with Gasteiger partial charge in [-0.1, -0.05) is 183 Å². The van der Waals surface area contributed by atoms with Gasteiger partial charge < -0.3 is 46.6 Å². The molecule has 0 amide bonds. The predicted octanol–water partition coefficient (Wildman–Crippen LogP) is 1.42. The Hall–Kier alpha value is -8.02. The largest absolute Gasteiger partial charge is 0.743 e. The second kappa shape index (κ2) is 48.2. The second-order valence-corrected chi connectivity index (χ2v) is 33.6. The number of carbonyl (C=O) groups is 9. The molecule has 27 nitrogen and oxygen atoms in total. The van der Waals surface area contributed by atoms with Crippen molar-refractivity contribution >= 4 is 211 Å². The van der Waals surface area contributed by atoms with E-state index in [2.05, 4.69) is 4.74 Å². The Labute approximate surface area is 748 Å². The number of benzene rings is 5. The fourth-order valence-electron chi connectivity index (χ4n) is 12.8. The van der Waals surface area contributed by atoms with Crippen molar-refractivity contribution in [3.8, 4) is 28.7 Å². The van der Waals surface area contributed by atoms with E-state index in [1.807, 2.05) is 0 Å². The van der Waals surface area contributed by atoms with E-state index >= 15 is 0 Å². The first-order valence-electron chi connectivity index (χ1n) is 37.5. The summed E-state index contributed by atoms with van der Waals surface area (Å²) in [4.78, 5) is 110. The fraction of sp³-hybridized carbons (Fsp3) is 0.466. The van der Waals surface area contributed by atoms with Gasteiger partial charge in [0.2, 0.25) is 17.3 Å². The van der Waals surface area contributed by atoms with Gasteiger partial charge in [-0.05, 0) is 101 Å². The molecule has 3 atom stereocenters. The Morgan fingerprint density at radius 1 is 0.299 bits per heavy atom. The van der Waals surface area contributed by atoms with Gasteiger partial charge in [0.1, 0.15) is 28.7 Å². The van der Waals surface area contributed by atoms with Crippen LogP contribution < -0.4 is 23.7 Å². The van der Waals surface area contributed by atoms with Crippen LogP contribution >= 0.6 is 0 Å². The number of ether oxygens (including phenoxy) is 6. The lowest BCUT2D eigenvalue weighted by molar-refractivity contribution is -0.166. The summed E-state index contributed by atoms with van der Waals surface area (Å²) in [6.45, 7) is -1.36. The highest BCUT2D eigenvalue weighted by molar-refractivity contribution is 7.88. The summed E-state index contributed by atoms with van der Waals surface area (Å²) in [7, 11) is 60.1. The lowest BCUT2D eigenvalue weighted by Crippen LogP contribution is -2.48. The van der Waals surface area contributed by atoms with E-state index in [1.165, 1.54) is 12.1 Å². The number of alkyl halides is 8. The third kappa shape index (κ3) is 28.7. The lowest BCUT2D eigenvalue weighted by Gasteiger charge is -2.35. The third-order valence-corrected chi connectivity index (χ3v) is 22.8. The summed E-state index contributed by atoms with van der Waals surface area (Å²) in [6, 6.07) is 16.0. The van der Waals surface area contributed by atoms with Gasteiger partial charge in [0.05, 0.1) is 142 Å². The molecule has 5 aromatic carbocycles. The zero-order chi connectivity index (χ0) is 96.6. The minimum absolute atomic E-state index is 0.0212. The minimum atomic E-state index is -6.43. The number of rotatable bonds is 38. The van der Waals surface area contributed by atoms with Crippen molar-refractivity contribution in [3.05, 3.63) is 144 Å². The summed E-state index contributed by atoms with van der Waals surface area (Å²) < 4.78 is 266. The molecule has 648 valence electrons. The molecule has 7 rings (SSSR count). The smallest absolute Gasteiger partial charge is 0.428 e. The monoisotopic (exact) mass is 1820 g/mol. The van der Waals surface area contributed by atoms with Gasteiger partial charge in [-0.2, -0.15) is 35.1 Å². The quantitative estimate of drug-likeness (QED) is 0.0177. The van der Waals surface area contributed by atoms with E-state index in [4.69, 9.17) is 141 Å². The zero-order valence-corrected chi connectivity index (χ0v) is 70.4. The topological polar surface area (TPSA) is 438 Å². The summed E-state index contributed by atoms with van der Waals surface area (Å²) >= 11 is 0. The van der Waals surface area contributed by atoms with Crippen molar-refractivity contribution in [1.82, 2.24) is 0 Å². The average molecular weight is 1820 g/mol. The Morgan fingerprint density at radius 2 is 0.551 bits per heavy atom. The van der Waals surface area contributed by atoms with Crippen LogP contribution in [-0.2, 0) is 183 Å². The summed E-state index contributed by atoms with van der Waals surface area (Å²) in [5.74, 6) is -21.0. The molecule has 0 heterocycles. The molecule has 0 aromatic heterocycles. The van der Waals surface area contributed by atoms with E-state index in [0.29, 0.717) is 77.9 Å². The van der Waals surface area contributed by atoms with Crippen molar-refractivity contribution in [3.63, 3.8) is 0 Å². The molecule has 30 radical (unpaired) electrons. The molecular weight excluding hydrogens is 1750 g/mol. The van der Waals surface area contributed by atoms with Gasteiger partial charge >= 0.3 is 56.8 Å². The molecular formula is C73H65B15F8O27S4-4. The highest BCUT2D eigenvalue weighted by Gasteiger charge is 2.56. The van der Waals surface area contributed by atoms with Crippen LogP contribution in [0.4, 0.5) is 35.1 Å². The Kier molecular flexibility index (Phi) is 42.3. The lowest BCUT2D eigenvalue weighted by atomic mass is 9.72. The van der Waals surface area contributed by atoms with Crippen LogP contribution in [0.3, 0.4) is 0 Å². The van der Waals surface area contributed by atoms with E-state index in [-0.39, 0.29) is 156 Å². The van der Waals surface area contributed by atoms with Crippen LogP contribution in [-0.4, -0.2) is 250 Å². The van der Waals surface area contributed by atoms with Crippen molar-refractivity contribution < 1.29 is 159 Å². The molecule has 3 unspecified atom stereocenters. The Balaban J connectivity index is 0.000000366. The molecule has 0 spiro atoms. The van der Waals surface area contributed by atoms with E-state index in [1.54, 1.807) is 48.5 Å². The van der Waals surface area contributed by atoms with E-state index < -0.39 is 177 Å². The predicted molar refractivity (Wildman–Crippen MR) is 446 cm³/mol. The number of esters is 6. The summed E-state index contributed by atoms with van der Waals surface area (Å²) in [5, 5.41) is -20.8. The second-order valence-electron chi connectivity index (χ2n) is 27.9. The van der Waals surface area contributed by atoms with Crippen LogP contribution in [0, 0.1) is 29.6 Å². The van der Waals surface area contributed by atoms with E-state index in [0.717, 1.165) is 5.56 Å². The molecule has 2 saturated carbocycles. The molecule has 2 aliphatic rings. The molecule has 0 N–H and O–H groups in total. The number of ketones is 3. The maximum Gasteiger partial charge on any atom is 0.428 e. The van der Waals surface area contributed by atoms with Crippen LogP contribution in [0.15, 0.2) is 60.7 Å². The average Bonchev–Trinajstić information content (AvgIpc) is 0.766. The molecule has 2 fully saturated rings. The molecule has 54 heteroatoms. The Bertz CT molecular complexity index is 5070. The first-order chi connectivity index (χ1) is 59.1. The number of hydrogen-bond donors (Lipinski definition) is 0. The third-order valence-electron chi connectivity index (χ3n) is 19.5. The zero-order valence-electron chi connectivity index (χ0n) is 67.2. The van der Waals surface area contributed by atoms with Crippen molar-refractivity contribution in [2.24, 2.45) is 29.6 Å². The number of Topliss-reactive ketones (excluding diaryl/α,β-unsaturated/α-hetero) is 3. The Morgan fingerprint density at radius 3 is 0.835 bits per heavy atom. The van der Waals surface area contributed by atoms with Gasteiger partial charge in [-0.15, -0.1) is 0 Å². The van der Waals surface area contributed by atoms with Gasteiger partial charge in [0.25, 0.3) is 0 Å². The van der Waals surface area contributed by atoms with Gasteiger partial charge in [0, 0.05) is 18.3 Å². The maximum atomic E-state index is 14.5. The SMILES string of the molecule is [B]Cc1cc(C[B])c(OC(=O)C2CCC(C(=O)C(F)(F)S(=O)(=O)[O-])C(C(=O)Oc3c(C[B])cc(C[B])cc3C[B])C2)c(C[B])c1.[B]Cc1cc(C[B])c(OC(=O)C2CCC(C(=O)C(F)(F)S(=O)(=O)[O-])CC2)c(C[B])c1.[B]Cc1cc(C[B])c(OC(=O)CCC(=O)C(F)(F)S(=O)(=O)[O-])c(C[B])c1.[B]Cc1cc(C[B])c(OC(=O)COC(=O)C(F)(F)S(=O)(=O)[O-])c(C[B])c1. The molecule has 0 saturated heterocycles. The normalized spacial score (nSPS) is 16.2. The van der Waals surface area contributed by atoms with E-state index in [9.17, 15) is 130 Å². The molecule has 0 bridgehead atoms. The van der Waals surface area contributed by atoms with Crippen molar-refractivity contribution in [1.29, 1.82) is 0 Å². The standard InChI is InChI=1S/C28H26B6F2O8S.C18H19B3F2O6S.C14H13B3F2O6S.C13H11B3F2O7S/c29-8-14-3-17(10-31)23(18(4-14)11-32)43-26(38)16-1-2-21(25(37)28(35,36)45(40,41)42)22(7-16)27(39)44-24-19(12-33)5-15(9-30)6-20(24)13-34;19-7-10-5-13(8-20)15(14(6-10)9-21)29-17(25)12-3-1-11(2-4-12)16(24)18(22,23)30(26,27)28;15-5-8-3-9(6-16)13(10(4-8)7-17)25-12(21)2-1-11(20)14(18,19)26(22,23)24;14-3-7-1-8(4-15)11(9(2-7)5-16)25-10(19)6-24-12(20)13(17,18)26(21,22)23/h3-6,16,21-22H,1-2,7-13H2,(H,40,41,42);5-6,11-12H,1-4,7-9H2,(H,26,27,28);3-4H,1-2,5-7H2,(H,22,23,24);1-2H,3-6H2,(H,21,22,23)/p-4. The maximum absolute atomic E-state index is 14.5. The molecule has 5 aromatic rings. The summed E-state index contributed by atoms with van der Waals surface area (Å²) in [6.07, 6.45) is -3.32. The van der Waals surface area contributed by atoms with Crippen LogP contribution in [0.2, 0.25) is 0 Å². The van der Waals surface area contributed by atoms with Crippen molar-refractivity contribution in [2.75, 3.05) is 6.61 Å². The van der Waals surface area contributed by atoms with Crippen molar-refractivity contribution in [2.45, 2.75) is 174 Å². The number of halogens is 8. The highest BCUT2D eigenvalue weighted by atomic mass is 32.2.